The van der Waals surface area contributed by atoms with Crippen LogP contribution >= 0.6 is 24.0 Å². The number of carbonyl (C=O) groups excluding carboxylic acids is 1. The van der Waals surface area contributed by atoms with Crippen molar-refractivity contribution < 1.29 is 27.1 Å². The molecular weight excluding hydrogens is 480 g/mol. The van der Waals surface area contributed by atoms with Crippen molar-refractivity contribution in [2.24, 2.45) is 10.7 Å². The second-order valence-corrected chi connectivity index (χ2v) is 5.07. The van der Waals surface area contributed by atoms with Crippen molar-refractivity contribution in [3.05, 3.63) is 53.5 Å². The number of hydrogen-bond donors (Lipinski definition) is 3. The van der Waals surface area contributed by atoms with Gasteiger partial charge in [-0.25, -0.2) is 0 Å². The van der Waals surface area contributed by atoms with Gasteiger partial charge in [-0.1, -0.05) is 18.2 Å². The van der Waals surface area contributed by atoms with Crippen molar-refractivity contribution in [1.82, 2.24) is 10.6 Å². The quantitative estimate of drug-likeness (QED) is 0.323. The van der Waals surface area contributed by atoms with E-state index in [1.807, 2.05) is 0 Å². The number of aliphatic imine (C=N–C) groups is 1. The zero-order valence-corrected chi connectivity index (χ0v) is 16.5. The number of benzene rings is 1. The summed E-state index contributed by atoms with van der Waals surface area (Å²) in [6.07, 6.45) is -4.77. The molecule has 0 atom stereocenters. The van der Waals surface area contributed by atoms with Gasteiger partial charge in [0, 0.05) is 19.2 Å². The first kappa shape index (κ1) is 22.6. The standard InChI is InChI=1S/C16H17F3N4O3.HI/c1-21-15(23-9-11-6-7-13(25-11)14(20)24)22-8-10-4-2-3-5-12(10)26-16(17,18)19;/h2-7H,8-9H2,1H3,(H2,20,24)(H2,21,22,23);1H. The molecule has 1 aromatic carbocycles. The topological polar surface area (TPSA) is 102 Å². The SMILES string of the molecule is CN=C(NCc1ccc(C(N)=O)o1)NCc1ccccc1OC(F)(F)F.I. The van der Waals surface area contributed by atoms with Crippen LogP contribution in [0, 0.1) is 0 Å². The molecule has 0 fully saturated rings. The van der Waals surface area contributed by atoms with E-state index in [-0.39, 0.29) is 48.6 Å². The molecule has 2 rings (SSSR count). The average Bonchev–Trinajstić information content (AvgIpc) is 3.04. The molecule has 11 heteroatoms. The van der Waals surface area contributed by atoms with Crippen LogP contribution in [-0.2, 0) is 13.1 Å². The number of ether oxygens (including phenoxy) is 1. The Balaban J connectivity index is 0.00000364. The molecule has 0 aliphatic carbocycles. The fraction of sp³-hybridized carbons (Fsp3) is 0.250. The van der Waals surface area contributed by atoms with Gasteiger partial charge in [-0.05, 0) is 18.2 Å². The van der Waals surface area contributed by atoms with Crippen molar-refractivity contribution in [1.29, 1.82) is 0 Å². The summed E-state index contributed by atoms with van der Waals surface area (Å²) in [5, 5.41) is 5.78. The smallest absolute Gasteiger partial charge is 0.454 e. The minimum absolute atomic E-state index is 0. The first-order valence-corrected chi connectivity index (χ1v) is 7.45. The van der Waals surface area contributed by atoms with Gasteiger partial charge >= 0.3 is 6.36 Å². The predicted molar refractivity (Wildman–Crippen MR) is 103 cm³/mol. The van der Waals surface area contributed by atoms with Gasteiger partial charge in [0.2, 0.25) is 0 Å². The van der Waals surface area contributed by atoms with Gasteiger partial charge < -0.3 is 25.5 Å². The van der Waals surface area contributed by atoms with Crippen LogP contribution in [-0.4, -0.2) is 25.3 Å². The summed E-state index contributed by atoms with van der Waals surface area (Å²) in [7, 11) is 1.50. The molecule has 0 spiro atoms. The molecular formula is C16H18F3IN4O3. The number of nitrogens with zero attached hydrogens (tertiary/aromatic N) is 1. The Bertz CT molecular complexity index is 793. The molecule has 1 heterocycles. The number of carbonyl (C=O) groups is 1. The molecule has 1 amide bonds. The second-order valence-electron chi connectivity index (χ2n) is 5.07. The molecule has 0 saturated heterocycles. The van der Waals surface area contributed by atoms with Crippen LogP contribution in [0.15, 0.2) is 45.8 Å². The lowest BCUT2D eigenvalue weighted by Crippen LogP contribution is -2.36. The lowest BCUT2D eigenvalue weighted by atomic mass is 10.2. The first-order valence-electron chi connectivity index (χ1n) is 7.45. The number of rotatable bonds is 6. The van der Waals surface area contributed by atoms with Gasteiger partial charge in [-0.15, -0.1) is 37.1 Å². The van der Waals surface area contributed by atoms with Gasteiger partial charge in [0.05, 0.1) is 6.54 Å². The lowest BCUT2D eigenvalue weighted by molar-refractivity contribution is -0.274. The van der Waals surface area contributed by atoms with E-state index in [0.717, 1.165) is 0 Å². The van der Waals surface area contributed by atoms with Crippen molar-refractivity contribution in [3.63, 3.8) is 0 Å². The van der Waals surface area contributed by atoms with Crippen molar-refractivity contribution in [3.8, 4) is 5.75 Å². The minimum Gasteiger partial charge on any atom is -0.454 e. The zero-order valence-electron chi connectivity index (χ0n) is 14.2. The summed E-state index contributed by atoms with van der Waals surface area (Å²) < 4.78 is 46.5. The van der Waals surface area contributed by atoms with E-state index >= 15 is 0 Å². The second kappa shape index (κ2) is 10.0. The molecule has 2 aromatic rings. The predicted octanol–water partition coefficient (Wildman–Crippen LogP) is 2.76. The molecule has 0 aliphatic rings. The maximum Gasteiger partial charge on any atom is 0.573 e. The highest BCUT2D eigenvalue weighted by Gasteiger charge is 2.31. The summed E-state index contributed by atoms with van der Waals surface area (Å²) in [6.45, 7) is 0.254. The normalized spacial score (nSPS) is 11.5. The molecule has 0 saturated carbocycles. The highest BCUT2D eigenvalue weighted by molar-refractivity contribution is 14.0. The first-order chi connectivity index (χ1) is 12.3. The molecule has 0 unspecified atom stereocenters. The third-order valence-electron chi connectivity index (χ3n) is 3.20. The van der Waals surface area contributed by atoms with Crippen LogP contribution in [0.1, 0.15) is 21.9 Å². The van der Waals surface area contributed by atoms with E-state index in [9.17, 15) is 18.0 Å². The number of primary amides is 1. The van der Waals surface area contributed by atoms with Gasteiger partial charge in [-0.2, -0.15) is 0 Å². The van der Waals surface area contributed by atoms with Gasteiger partial charge in [0.25, 0.3) is 5.91 Å². The zero-order chi connectivity index (χ0) is 19.2. The Morgan fingerprint density at radius 2 is 1.85 bits per heavy atom. The van der Waals surface area contributed by atoms with Crippen LogP contribution in [0.4, 0.5) is 13.2 Å². The van der Waals surface area contributed by atoms with Crippen molar-refractivity contribution >= 4 is 35.8 Å². The highest BCUT2D eigenvalue weighted by atomic mass is 127. The number of alkyl halides is 3. The summed E-state index contributed by atoms with van der Waals surface area (Å²) in [4.78, 5) is 14.9. The number of guanidine groups is 1. The van der Waals surface area contributed by atoms with Crippen molar-refractivity contribution in [2.75, 3.05) is 7.05 Å². The van der Waals surface area contributed by atoms with Crippen LogP contribution < -0.4 is 21.1 Å². The lowest BCUT2D eigenvalue weighted by Gasteiger charge is -2.15. The summed E-state index contributed by atoms with van der Waals surface area (Å²) >= 11 is 0. The van der Waals surface area contributed by atoms with E-state index in [0.29, 0.717) is 17.3 Å². The molecule has 1 aromatic heterocycles. The van der Waals surface area contributed by atoms with E-state index < -0.39 is 12.3 Å². The van der Waals surface area contributed by atoms with Crippen LogP contribution in [0.3, 0.4) is 0 Å². The molecule has 0 bridgehead atoms. The van der Waals surface area contributed by atoms with Crippen LogP contribution in [0.5, 0.6) is 5.75 Å². The minimum atomic E-state index is -4.77. The fourth-order valence-corrected chi connectivity index (χ4v) is 2.05. The molecule has 0 aliphatic heterocycles. The van der Waals surface area contributed by atoms with Crippen molar-refractivity contribution in [2.45, 2.75) is 19.5 Å². The largest absolute Gasteiger partial charge is 0.573 e. The molecule has 148 valence electrons. The molecule has 7 nitrogen and oxygen atoms in total. The third-order valence-corrected chi connectivity index (χ3v) is 3.20. The number of nitrogens with two attached hydrogens (primary N) is 1. The van der Waals surface area contributed by atoms with E-state index in [2.05, 4.69) is 20.4 Å². The van der Waals surface area contributed by atoms with Gasteiger partial charge in [0.1, 0.15) is 11.5 Å². The van der Waals surface area contributed by atoms with E-state index in [4.69, 9.17) is 10.2 Å². The Morgan fingerprint density at radius 3 is 2.44 bits per heavy atom. The van der Waals surface area contributed by atoms with Gasteiger partial charge in [0.15, 0.2) is 11.7 Å². The monoisotopic (exact) mass is 498 g/mol. The highest BCUT2D eigenvalue weighted by Crippen LogP contribution is 2.26. The van der Waals surface area contributed by atoms with E-state index in [1.54, 1.807) is 12.1 Å². The molecule has 0 radical (unpaired) electrons. The summed E-state index contributed by atoms with van der Waals surface area (Å²) in [5.74, 6) is -0.172. The fourth-order valence-electron chi connectivity index (χ4n) is 2.05. The number of amides is 1. The van der Waals surface area contributed by atoms with Crippen LogP contribution in [0.25, 0.3) is 0 Å². The van der Waals surface area contributed by atoms with Gasteiger partial charge in [-0.3, -0.25) is 9.79 Å². The summed E-state index contributed by atoms with van der Waals surface area (Å²) in [6, 6.07) is 8.81. The Labute approximate surface area is 170 Å². The number of halogens is 4. The number of furan rings is 1. The Morgan fingerprint density at radius 1 is 1.19 bits per heavy atom. The average molecular weight is 498 g/mol. The van der Waals surface area contributed by atoms with Crippen LogP contribution in [0.2, 0.25) is 0 Å². The Kier molecular flexibility index (Phi) is 8.40. The maximum absolute atomic E-state index is 12.4. The number of para-hydroxylation sites is 1. The molecule has 27 heavy (non-hydrogen) atoms. The Hall–Kier alpha value is -2.44. The van der Waals surface area contributed by atoms with E-state index in [1.165, 1.54) is 31.3 Å². The summed E-state index contributed by atoms with van der Waals surface area (Å²) in [5.41, 5.74) is 5.41. The molecule has 4 N–H and O–H groups in total. The third kappa shape index (κ3) is 7.37. The number of nitrogens with one attached hydrogen (secondary N) is 2. The maximum atomic E-state index is 12.4. The number of hydrogen-bond acceptors (Lipinski definition) is 4.